The lowest BCUT2D eigenvalue weighted by Crippen LogP contribution is -2.33. The molecule has 0 spiro atoms. The van der Waals surface area contributed by atoms with Crippen LogP contribution in [0.3, 0.4) is 0 Å². The molecule has 0 aliphatic heterocycles. The van der Waals surface area contributed by atoms with Gasteiger partial charge in [-0.3, -0.25) is 4.79 Å². The van der Waals surface area contributed by atoms with Crippen molar-refractivity contribution in [2.75, 3.05) is 0 Å². The van der Waals surface area contributed by atoms with Gasteiger partial charge in [0.05, 0.1) is 6.10 Å². The summed E-state index contributed by atoms with van der Waals surface area (Å²) in [4.78, 5) is 11.9. The van der Waals surface area contributed by atoms with Crippen LogP contribution in [0.25, 0.3) is 0 Å². The Morgan fingerprint density at radius 1 is 1.17 bits per heavy atom. The van der Waals surface area contributed by atoms with Gasteiger partial charge >= 0.3 is 6.18 Å². The van der Waals surface area contributed by atoms with Crippen LogP contribution in [-0.2, 0) is 0 Å². The third kappa shape index (κ3) is 8.13. The maximum atomic E-state index is 12.0. The number of nitrogens with two attached hydrogens (primary N) is 1. The van der Waals surface area contributed by atoms with Gasteiger partial charge in [-0.25, -0.2) is 0 Å². The molecule has 0 fully saturated rings. The second kappa shape index (κ2) is 7.93. The number of unbranched alkanes of at least 4 members (excludes halogenated alkanes) is 1. The van der Waals surface area contributed by atoms with Gasteiger partial charge in [0, 0.05) is 23.9 Å². The number of Topliss-reactive ketones (excluding diaryl/α,β-unsaturated/α-hetero) is 1. The van der Waals surface area contributed by atoms with Crippen LogP contribution >= 0.6 is 0 Å². The number of aliphatic hydroxyl groups is 1. The van der Waals surface area contributed by atoms with E-state index in [-0.39, 0.29) is 25.0 Å². The molecule has 1 aromatic carbocycles. The van der Waals surface area contributed by atoms with E-state index in [2.05, 4.69) is 0 Å². The zero-order chi connectivity index (χ0) is 17.7. The molecule has 1 aromatic rings. The van der Waals surface area contributed by atoms with Gasteiger partial charge in [0.25, 0.3) is 0 Å². The summed E-state index contributed by atoms with van der Waals surface area (Å²) in [5, 5.41) is 10.1. The van der Waals surface area contributed by atoms with Crippen LogP contribution in [0, 0.1) is 0 Å². The summed E-state index contributed by atoms with van der Waals surface area (Å²) in [5.41, 5.74) is 6.46. The van der Waals surface area contributed by atoms with Crippen LogP contribution < -0.4 is 5.73 Å². The average Bonchev–Trinajstić information content (AvgIpc) is 2.40. The highest BCUT2D eigenvalue weighted by atomic mass is 19.4. The molecule has 0 heterocycles. The highest BCUT2D eigenvalue weighted by Gasteiger charge is 2.26. The first-order valence-electron chi connectivity index (χ1n) is 7.65. The average molecular weight is 331 g/mol. The Morgan fingerprint density at radius 3 is 2.22 bits per heavy atom. The van der Waals surface area contributed by atoms with Crippen molar-refractivity contribution < 1.29 is 23.1 Å². The molecule has 130 valence electrons. The number of ketones is 1. The van der Waals surface area contributed by atoms with Gasteiger partial charge in [0.1, 0.15) is 0 Å². The van der Waals surface area contributed by atoms with Crippen molar-refractivity contribution in [2.45, 2.75) is 63.8 Å². The molecule has 3 nitrogen and oxygen atoms in total. The molecule has 1 rings (SSSR count). The molecule has 0 amide bonds. The molecule has 0 aliphatic rings. The van der Waals surface area contributed by atoms with Crippen LogP contribution in [-0.4, -0.2) is 22.6 Å². The van der Waals surface area contributed by atoms with Crippen LogP contribution in [0.2, 0.25) is 0 Å². The molecule has 3 N–H and O–H groups in total. The van der Waals surface area contributed by atoms with Crippen molar-refractivity contribution >= 4 is 5.78 Å². The van der Waals surface area contributed by atoms with Gasteiger partial charge in [0.2, 0.25) is 0 Å². The molecule has 0 aliphatic carbocycles. The zero-order valence-electron chi connectivity index (χ0n) is 13.5. The summed E-state index contributed by atoms with van der Waals surface area (Å²) < 4.78 is 36.1. The van der Waals surface area contributed by atoms with E-state index in [9.17, 15) is 23.1 Å². The first kappa shape index (κ1) is 19.6. The zero-order valence-corrected chi connectivity index (χ0v) is 13.5. The van der Waals surface area contributed by atoms with Gasteiger partial charge in [-0.2, -0.15) is 13.2 Å². The molecule has 0 saturated carbocycles. The molecule has 6 heteroatoms. The van der Waals surface area contributed by atoms with Gasteiger partial charge < -0.3 is 10.8 Å². The predicted molar refractivity (Wildman–Crippen MR) is 83.1 cm³/mol. The quantitative estimate of drug-likeness (QED) is 0.555. The van der Waals surface area contributed by atoms with Crippen molar-refractivity contribution in [3.05, 3.63) is 35.4 Å². The fourth-order valence-electron chi connectivity index (χ4n) is 2.26. The third-order valence-corrected chi connectivity index (χ3v) is 3.45. The molecule has 0 bridgehead atoms. The molecule has 0 radical (unpaired) electrons. The summed E-state index contributed by atoms with van der Waals surface area (Å²) in [5.74, 6) is -0.188. The lowest BCUT2D eigenvalue weighted by molar-refractivity contribution is -0.135. The Balaban J connectivity index is 2.51. The lowest BCUT2D eigenvalue weighted by Gasteiger charge is -2.22. The molecule has 0 unspecified atom stereocenters. The predicted octanol–water partition coefficient (Wildman–Crippen LogP) is 4.15. The topological polar surface area (TPSA) is 63.3 Å². The Kier molecular flexibility index (Phi) is 6.77. The number of halogens is 3. The Labute approximate surface area is 134 Å². The van der Waals surface area contributed by atoms with Crippen LogP contribution in [0.4, 0.5) is 13.2 Å². The van der Waals surface area contributed by atoms with Crippen LogP contribution in [0.15, 0.2) is 24.3 Å². The molecular formula is C17H24F3NO2. The molecule has 23 heavy (non-hydrogen) atoms. The second-order valence-electron chi connectivity index (χ2n) is 6.58. The number of rotatable bonds is 8. The first-order chi connectivity index (χ1) is 10.5. The summed E-state index contributed by atoms with van der Waals surface area (Å²) in [7, 11) is 0. The number of hydrogen-bond donors (Lipinski definition) is 2. The van der Waals surface area contributed by atoms with Crippen molar-refractivity contribution in [3.8, 4) is 0 Å². The minimum Gasteiger partial charge on any atom is -0.388 e. The lowest BCUT2D eigenvalue weighted by atomic mass is 9.93. The van der Waals surface area contributed by atoms with E-state index in [0.29, 0.717) is 17.5 Å². The van der Waals surface area contributed by atoms with Crippen molar-refractivity contribution in [1.29, 1.82) is 0 Å². The third-order valence-electron chi connectivity index (χ3n) is 3.45. The van der Waals surface area contributed by atoms with E-state index in [4.69, 9.17) is 5.73 Å². The maximum Gasteiger partial charge on any atom is 0.389 e. The number of carbonyl (C=O) groups excluding carboxylic acids is 1. The van der Waals surface area contributed by atoms with Gasteiger partial charge in [-0.05, 0) is 38.7 Å². The number of hydrogen-bond acceptors (Lipinski definition) is 3. The monoisotopic (exact) mass is 331 g/mol. The number of carbonyl (C=O) groups is 1. The number of alkyl halides is 3. The summed E-state index contributed by atoms with van der Waals surface area (Å²) in [6.45, 7) is 3.63. The van der Waals surface area contributed by atoms with Gasteiger partial charge in [-0.1, -0.05) is 24.3 Å². The second-order valence-corrected chi connectivity index (χ2v) is 6.58. The van der Waals surface area contributed by atoms with E-state index in [1.165, 1.54) is 0 Å². The molecule has 1 atom stereocenters. The summed E-state index contributed by atoms with van der Waals surface area (Å²) >= 11 is 0. The van der Waals surface area contributed by atoms with Crippen LogP contribution in [0.5, 0.6) is 0 Å². The van der Waals surface area contributed by atoms with Crippen molar-refractivity contribution in [2.24, 2.45) is 5.73 Å². The highest BCUT2D eigenvalue weighted by molar-refractivity contribution is 5.96. The molecular weight excluding hydrogens is 307 g/mol. The molecule has 0 saturated heterocycles. The van der Waals surface area contributed by atoms with E-state index in [1.54, 1.807) is 24.3 Å². The van der Waals surface area contributed by atoms with Crippen molar-refractivity contribution in [1.82, 2.24) is 0 Å². The van der Waals surface area contributed by atoms with Gasteiger partial charge in [0.15, 0.2) is 5.78 Å². The maximum absolute atomic E-state index is 12.0. The highest BCUT2D eigenvalue weighted by Crippen LogP contribution is 2.24. The van der Waals surface area contributed by atoms with Crippen molar-refractivity contribution in [3.63, 3.8) is 0 Å². The van der Waals surface area contributed by atoms with E-state index in [1.807, 2.05) is 13.8 Å². The molecule has 0 aromatic heterocycles. The van der Waals surface area contributed by atoms with Gasteiger partial charge in [-0.15, -0.1) is 0 Å². The summed E-state index contributed by atoms with van der Waals surface area (Å²) in [6, 6.07) is 6.49. The SMILES string of the molecule is CC(C)(N)C[C@@H](O)c1ccc(C(=O)CCCCC(F)(F)F)cc1. The van der Waals surface area contributed by atoms with E-state index >= 15 is 0 Å². The fraction of sp³-hybridized carbons (Fsp3) is 0.588. The minimum absolute atomic E-state index is 0.0440. The Morgan fingerprint density at radius 2 is 1.74 bits per heavy atom. The fourth-order valence-corrected chi connectivity index (χ4v) is 2.26. The standard InChI is InChI=1S/C17H24F3NO2/c1-16(2,21)11-15(23)13-8-6-12(7-9-13)14(22)5-3-4-10-17(18,19)20/h6-9,15,23H,3-5,10-11,21H2,1-2H3/t15-/m1/s1. The van der Waals surface area contributed by atoms with E-state index in [0.717, 1.165) is 0 Å². The normalized spacial score (nSPS) is 13.9. The van der Waals surface area contributed by atoms with E-state index < -0.39 is 24.2 Å². The minimum atomic E-state index is -4.17. The number of aliphatic hydroxyl groups excluding tert-OH is 1. The summed E-state index contributed by atoms with van der Waals surface area (Å²) in [6.07, 6.45) is -5.10. The van der Waals surface area contributed by atoms with Crippen LogP contribution in [0.1, 0.15) is 68.0 Å². The first-order valence-corrected chi connectivity index (χ1v) is 7.65. The Bertz CT molecular complexity index is 504. The number of benzene rings is 1. The Hall–Kier alpha value is -1.40. The smallest absolute Gasteiger partial charge is 0.388 e. The largest absolute Gasteiger partial charge is 0.389 e.